The summed E-state index contributed by atoms with van der Waals surface area (Å²) in [5.41, 5.74) is 1.18. The average Bonchev–Trinajstić information content (AvgIpc) is 2.72. The van der Waals surface area contributed by atoms with E-state index in [4.69, 9.17) is 4.74 Å². The summed E-state index contributed by atoms with van der Waals surface area (Å²) in [7, 11) is 1.67. The third-order valence-electron chi connectivity index (χ3n) is 6.58. The molecule has 3 rings (SSSR count). The van der Waals surface area contributed by atoms with Crippen LogP contribution in [0, 0.1) is 0 Å². The number of fused-ring (bicyclic) bond motifs is 1. The fourth-order valence-electron chi connectivity index (χ4n) is 5.13. The van der Waals surface area contributed by atoms with Gasteiger partial charge < -0.3 is 15.0 Å². The molecular formula is C23H34N2O3. The molecule has 0 radical (unpaired) electrons. The highest BCUT2D eigenvalue weighted by molar-refractivity contribution is 6.02. The molecule has 1 aromatic rings. The quantitative estimate of drug-likeness (QED) is 0.724. The van der Waals surface area contributed by atoms with Crippen molar-refractivity contribution in [3.63, 3.8) is 0 Å². The molecule has 0 saturated heterocycles. The minimum absolute atomic E-state index is 0.0475. The smallest absolute Gasteiger partial charge is 0.254 e. The number of hydrogen-bond donors (Lipinski definition) is 1. The molecule has 1 spiro atoms. The van der Waals surface area contributed by atoms with Crippen molar-refractivity contribution >= 4 is 11.8 Å². The van der Waals surface area contributed by atoms with Crippen LogP contribution in [-0.4, -0.2) is 48.6 Å². The van der Waals surface area contributed by atoms with Crippen molar-refractivity contribution in [2.24, 2.45) is 0 Å². The van der Waals surface area contributed by atoms with Gasteiger partial charge in [0.1, 0.15) is 0 Å². The van der Waals surface area contributed by atoms with E-state index < -0.39 is 5.54 Å². The Hall–Kier alpha value is -1.88. The summed E-state index contributed by atoms with van der Waals surface area (Å²) < 4.78 is 5.11. The molecule has 2 amide bonds. The summed E-state index contributed by atoms with van der Waals surface area (Å²) >= 11 is 0. The minimum atomic E-state index is -0.412. The zero-order valence-electron chi connectivity index (χ0n) is 17.5. The van der Waals surface area contributed by atoms with Gasteiger partial charge in [-0.1, -0.05) is 44.4 Å². The number of nitrogens with zero attached hydrogens (tertiary/aromatic N) is 1. The third kappa shape index (κ3) is 3.69. The van der Waals surface area contributed by atoms with Gasteiger partial charge >= 0.3 is 0 Å². The number of methoxy groups -OCH3 is 1. The van der Waals surface area contributed by atoms with Crippen LogP contribution in [0.2, 0.25) is 0 Å². The molecule has 0 bridgehead atoms. The van der Waals surface area contributed by atoms with Gasteiger partial charge in [0, 0.05) is 31.9 Å². The molecular weight excluding hydrogens is 352 g/mol. The van der Waals surface area contributed by atoms with Crippen LogP contribution in [0.25, 0.3) is 0 Å². The number of benzene rings is 1. The molecule has 2 unspecified atom stereocenters. The van der Waals surface area contributed by atoms with E-state index in [1.54, 1.807) is 7.11 Å². The van der Waals surface area contributed by atoms with Crippen molar-refractivity contribution in [2.45, 2.75) is 76.3 Å². The summed E-state index contributed by atoms with van der Waals surface area (Å²) in [5, 5.41) is 3.14. The van der Waals surface area contributed by atoms with Crippen LogP contribution in [0.3, 0.4) is 0 Å². The molecule has 1 fully saturated rings. The molecule has 1 aliphatic heterocycles. The topological polar surface area (TPSA) is 58.6 Å². The molecule has 1 saturated carbocycles. The van der Waals surface area contributed by atoms with Gasteiger partial charge in [-0.25, -0.2) is 0 Å². The Bertz CT molecular complexity index is 697. The van der Waals surface area contributed by atoms with Crippen LogP contribution in [0.4, 0.5) is 0 Å². The van der Waals surface area contributed by atoms with E-state index in [2.05, 4.69) is 24.1 Å². The summed E-state index contributed by atoms with van der Waals surface area (Å²) in [4.78, 5) is 29.1. The molecule has 28 heavy (non-hydrogen) atoms. The highest BCUT2D eigenvalue weighted by Gasteiger charge is 2.55. The molecule has 1 N–H and O–H groups in total. The van der Waals surface area contributed by atoms with Crippen LogP contribution >= 0.6 is 0 Å². The van der Waals surface area contributed by atoms with Gasteiger partial charge in [-0.2, -0.15) is 0 Å². The zero-order chi connectivity index (χ0) is 20.1. The Morgan fingerprint density at radius 3 is 2.68 bits per heavy atom. The zero-order valence-corrected chi connectivity index (χ0v) is 17.5. The fraction of sp³-hybridized carbons (Fsp3) is 0.652. The Balaban J connectivity index is 2.04. The molecule has 0 aromatic heterocycles. The maximum atomic E-state index is 13.5. The SMILES string of the molecule is CCC(C)N1C(=O)c2ccccc2C(C(=O)NCCCOC)C12CCCCC2. The lowest BCUT2D eigenvalue weighted by Gasteiger charge is -2.55. The lowest BCUT2D eigenvalue weighted by molar-refractivity contribution is -0.128. The van der Waals surface area contributed by atoms with Gasteiger partial charge in [-0.15, -0.1) is 0 Å². The van der Waals surface area contributed by atoms with Gasteiger partial charge in [0.25, 0.3) is 5.91 Å². The molecule has 5 nitrogen and oxygen atoms in total. The van der Waals surface area contributed by atoms with E-state index in [0.717, 1.165) is 44.1 Å². The Kier molecular flexibility index (Phi) is 6.76. The van der Waals surface area contributed by atoms with Crippen molar-refractivity contribution in [3.05, 3.63) is 35.4 Å². The van der Waals surface area contributed by atoms with E-state index in [0.29, 0.717) is 18.7 Å². The number of ether oxygens (including phenoxy) is 1. The van der Waals surface area contributed by atoms with Crippen LogP contribution < -0.4 is 5.32 Å². The van der Waals surface area contributed by atoms with Gasteiger partial charge in [0.05, 0.1) is 11.5 Å². The number of hydrogen-bond acceptors (Lipinski definition) is 3. The van der Waals surface area contributed by atoms with Crippen LogP contribution in [0.15, 0.2) is 24.3 Å². The lowest BCUT2D eigenvalue weighted by atomic mass is 9.64. The first-order valence-corrected chi connectivity index (χ1v) is 10.8. The Morgan fingerprint density at radius 2 is 2.00 bits per heavy atom. The van der Waals surface area contributed by atoms with Crippen molar-refractivity contribution in [2.75, 3.05) is 20.3 Å². The van der Waals surface area contributed by atoms with Crippen LogP contribution in [0.5, 0.6) is 0 Å². The summed E-state index contributed by atoms with van der Waals surface area (Å²) in [5.74, 6) is -0.167. The Labute approximate surface area is 168 Å². The summed E-state index contributed by atoms with van der Waals surface area (Å²) in [6, 6.07) is 7.83. The molecule has 1 aromatic carbocycles. The second-order valence-electron chi connectivity index (χ2n) is 8.25. The first-order chi connectivity index (χ1) is 13.6. The summed E-state index contributed by atoms with van der Waals surface area (Å²) in [6.07, 6.45) is 6.77. The largest absolute Gasteiger partial charge is 0.385 e. The number of rotatable bonds is 7. The van der Waals surface area contributed by atoms with Gasteiger partial charge in [0.2, 0.25) is 5.91 Å². The maximum Gasteiger partial charge on any atom is 0.254 e. The molecule has 2 atom stereocenters. The van der Waals surface area contributed by atoms with E-state index in [1.807, 2.05) is 24.3 Å². The van der Waals surface area contributed by atoms with E-state index in [1.165, 1.54) is 6.42 Å². The second-order valence-corrected chi connectivity index (χ2v) is 8.25. The number of nitrogens with one attached hydrogen (secondary N) is 1. The van der Waals surface area contributed by atoms with Crippen molar-refractivity contribution in [1.82, 2.24) is 10.2 Å². The van der Waals surface area contributed by atoms with E-state index >= 15 is 0 Å². The maximum absolute atomic E-state index is 13.5. The highest BCUT2D eigenvalue weighted by atomic mass is 16.5. The van der Waals surface area contributed by atoms with Crippen molar-refractivity contribution in [1.29, 1.82) is 0 Å². The van der Waals surface area contributed by atoms with Crippen LogP contribution in [-0.2, 0) is 9.53 Å². The second kappa shape index (κ2) is 9.08. The monoisotopic (exact) mass is 386 g/mol. The molecule has 1 heterocycles. The van der Waals surface area contributed by atoms with Gasteiger partial charge in [-0.3, -0.25) is 9.59 Å². The van der Waals surface area contributed by atoms with Crippen molar-refractivity contribution < 1.29 is 14.3 Å². The number of carbonyl (C=O) groups excluding carboxylic acids is 2. The number of amides is 2. The predicted molar refractivity (Wildman–Crippen MR) is 110 cm³/mol. The molecule has 154 valence electrons. The standard InChI is InChI=1S/C23H34N2O3/c1-4-17(2)25-22(27)19-12-7-6-11-18(19)20(21(26)24-15-10-16-28-3)23(25)13-8-5-9-14-23/h6-7,11-12,17,20H,4-5,8-10,13-16H2,1-3H3,(H,24,26). The number of carbonyl (C=O) groups is 2. The predicted octanol–water partition coefficient (Wildman–Crippen LogP) is 3.88. The molecule has 5 heteroatoms. The average molecular weight is 387 g/mol. The van der Waals surface area contributed by atoms with Gasteiger partial charge in [0.15, 0.2) is 0 Å². The third-order valence-corrected chi connectivity index (χ3v) is 6.58. The Morgan fingerprint density at radius 1 is 1.29 bits per heavy atom. The molecule has 2 aliphatic rings. The first-order valence-electron chi connectivity index (χ1n) is 10.8. The fourth-order valence-corrected chi connectivity index (χ4v) is 5.13. The normalized spacial score (nSPS) is 22.0. The summed E-state index contributed by atoms with van der Waals surface area (Å²) in [6.45, 7) is 5.47. The van der Waals surface area contributed by atoms with Crippen molar-refractivity contribution in [3.8, 4) is 0 Å². The van der Waals surface area contributed by atoms with E-state index in [-0.39, 0.29) is 23.8 Å². The van der Waals surface area contributed by atoms with Gasteiger partial charge in [-0.05, 0) is 44.2 Å². The first kappa shape index (κ1) is 20.8. The lowest BCUT2D eigenvalue weighted by Crippen LogP contribution is -2.64. The molecule has 1 aliphatic carbocycles. The van der Waals surface area contributed by atoms with Crippen LogP contribution in [0.1, 0.15) is 80.6 Å². The van der Waals surface area contributed by atoms with E-state index in [9.17, 15) is 9.59 Å². The minimum Gasteiger partial charge on any atom is -0.385 e. The highest BCUT2D eigenvalue weighted by Crippen LogP contribution is 2.50.